The van der Waals surface area contributed by atoms with E-state index in [0.717, 1.165) is 17.6 Å². The lowest BCUT2D eigenvalue weighted by molar-refractivity contribution is 0.308. The summed E-state index contributed by atoms with van der Waals surface area (Å²) in [6, 6.07) is 1.22. The summed E-state index contributed by atoms with van der Waals surface area (Å²) in [4.78, 5) is 7.74. The fraction of sp³-hybridized carbons (Fsp3) is 0.615. The van der Waals surface area contributed by atoms with Gasteiger partial charge in [-0.1, -0.05) is 12.8 Å². The van der Waals surface area contributed by atoms with Crippen LogP contribution >= 0.6 is 0 Å². The topological polar surface area (TPSA) is 40.2 Å². The van der Waals surface area contributed by atoms with Crippen LogP contribution in [-0.4, -0.2) is 23.3 Å². The van der Waals surface area contributed by atoms with E-state index in [1.807, 2.05) is 6.20 Å². The number of aliphatic imine (C=N–C) groups is 1. The Kier molecular flexibility index (Phi) is 1.80. The van der Waals surface area contributed by atoms with Crippen molar-refractivity contribution in [1.29, 1.82) is 0 Å². The van der Waals surface area contributed by atoms with Crippen molar-refractivity contribution in [2.24, 2.45) is 10.9 Å². The summed E-state index contributed by atoms with van der Waals surface area (Å²) in [6.07, 6.45) is 11.8. The summed E-state index contributed by atoms with van der Waals surface area (Å²) in [5.41, 5.74) is 2.60. The van der Waals surface area contributed by atoms with Crippen LogP contribution in [0, 0.1) is 5.92 Å². The molecule has 3 aliphatic rings. The van der Waals surface area contributed by atoms with Gasteiger partial charge in [-0.2, -0.15) is 0 Å². The second-order valence-electron chi connectivity index (χ2n) is 5.35. The van der Waals surface area contributed by atoms with E-state index >= 15 is 0 Å². The first kappa shape index (κ1) is 8.99. The van der Waals surface area contributed by atoms with Gasteiger partial charge in [0.2, 0.25) is 0 Å². The van der Waals surface area contributed by atoms with Gasteiger partial charge in [-0.15, -0.1) is 0 Å². The fourth-order valence-corrected chi connectivity index (χ4v) is 3.88. The third-order valence-electron chi connectivity index (χ3n) is 4.56. The Balaban J connectivity index is 1.77. The molecule has 2 fully saturated rings. The van der Waals surface area contributed by atoms with Crippen molar-refractivity contribution in [3.63, 3.8) is 0 Å². The zero-order chi connectivity index (χ0) is 10.5. The van der Waals surface area contributed by atoms with Crippen molar-refractivity contribution in [2.75, 3.05) is 0 Å². The molecule has 1 aromatic heterocycles. The van der Waals surface area contributed by atoms with E-state index in [1.165, 1.54) is 31.2 Å². The molecule has 16 heavy (non-hydrogen) atoms. The van der Waals surface area contributed by atoms with Crippen LogP contribution in [0.4, 0.5) is 5.69 Å². The maximum Gasteiger partial charge on any atom is 0.0836 e. The summed E-state index contributed by atoms with van der Waals surface area (Å²) in [6.45, 7) is 0. The van der Waals surface area contributed by atoms with Crippen LogP contribution in [0.25, 0.3) is 0 Å². The number of hydrogen-bond donors (Lipinski definition) is 2. The maximum absolute atomic E-state index is 4.53. The molecule has 0 amide bonds. The van der Waals surface area contributed by atoms with Crippen LogP contribution in [0.15, 0.2) is 17.4 Å². The summed E-state index contributed by atoms with van der Waals surface area (Å²) >= 11 is 0. The number of aromatic nitrogens is 1. The Morgan fingerprint density at radius 2 is 2.12 bits per heavy atom. The molecule has 4 unspecified atom stereocenters. The van der Waals surface area contributed by atoms with E-state index in [-0.39, 0.29) is 0 Å². The largest absolute Gasteiger partial charge is 0.365 e. The molecule has 2 aliphatic heterocycles. The van der Waals surface area contributed by atoms with Crippen molar-refractivity contribution in [3.05, 3.63) is 18.0 Å². The number of nitrogens with zero attached hydrogens (tertiary/aromatic N) is 1. The van der Waals surface area contributed by atoms with Gasteiger partial charge in [-0.25, -0.2) is 0 Å². The average molecular weight is 215 g/mol. The highest BCUT2D eigenvalue weighted by atomic mass is 15.0. The normalized spacial score (nSPS) is 40.2. The number of fused-ring (bicyclic) bond motifs is 5. The number of H-pyrrole nitrogens is 1. The van der Waals surface area contributed by atoms with Gasteiger partial charge in [0.05, 0.1) is 11.7 Å². The first-order valence-corrected chi connectivity index (χ1v) is 6.40. The molecule has 3 heterocycles. The zero-order valence-electron chi connectivity index (χ0n) is 9.32. The highest BCUT2D eigenvalue weighted by Crippen LogP contribution is 2.47. The molecule has 1 saturated heterocycles. The molecule has 0 radical (unpaired) electrons. The van der Waals surface area contributed by atoms with Gasteiger partial charge in [0.15, 0.2) is 0 Å². The SMILES string of the molecule is C1=Nc2c[nH]cc2C2C1NC1CCCCC12. The van der Waals surface area contributed by atoms with Crippen molar-refractivity contribution < 1.29 is 0 Å². The Morgan fingerprint density at radius 3 is 3.12 bits per heavy atom. The summed E-state index contributed by atoms with van der Waals surface area (Å²) in [5.74, 6) is 1.50. The lowest BCUT2D eigenvalue weighted by Gasteiger charge is -2.29. The second kappa shape index (κ2) is 3.20. The highest BCUT2D eigenvalue weighted by Gasteiger charge is 2.45. The van der Waals surface area contributed by atoms with E-state index in [1.54, 1.807) is 0 Å². The molecule has 4 rings (SSSR count). The summed E-state index contributed by atoms with van der Waals surface area (Å²) < 4.78 is 0. The molecule has 4 atom stereocenters. The number of aromatic amines is 1. The molecule has 84 valence electrons. The fourth-order valence-electron chi connectivity index (χ4n) is 3.88. The van der Waals surface area contributed by atoms with Gasteiger partial charge in [0.25, 0.3) is 0 Å². The highest BCUT2D eigenvalue weighted by molar-refractivity contribution is 5.76. The first-order valence-electron chi connectivity index (χ1n) is 6.40. The van der Waals surface area contributed by atoms with Gasteiger partial charge < -0.3 is 10.3 Å². The van der Waals surface area contributed by atoms with Crippen molar-refractivity contribution in [3.8, 4) is 0 Å². The predicted octanol–water partition coefficient (Wildman–Crippen LogP) is 2.34. The predicted molar refractivity (Wildman–Crippen MR) is 64.4 cm³/mol. The molecule has 1 aromatic rings. The summed E-state index contributed by atoms with van der Waals surface area (Å²) in [7, 11) is 0. The van der Waals surface area contributed by atoms with Crippen molar-refractivity contribution in [2.45, 2.75) is 43.7 Å². The van der Waals surface area contributed by atoms with Crippen LogP contribution in [-0.2, 0) is 0 Å². The van der Waals surface area contributed by atoms with Crippen molar-refractivity contribution >= 4 is 11.9 Å². The van der Waals surface area contributed by atoms with Gasteiger partial charge in [0.1, 0.15) is 0 Å². The Labute approximate surface area is 95.4 Å². The summed E-state index contributed by atoms with van der Waals surface area (Å²) in [5, 5.41) is 3.76. The van der Waals surface area contributed by atoms with E-state index < -0.39 is 0 Å². The number of hydrogen-bond acceptors (Lipinski definition) is 2. The van der Waals surface area contributed by atoms with Crippen LogP contribution in [0.5, 0.6) is 0 Å². The molecule has 0 aromatic carbocycles. The minimum atomic E-state index is 0.483. The van der Waals surface area contributed by atoms with Gasteiger partial charge in [-0.05, 0) is 18.8 Å². The Morgan fingerprint density at radius 1 is 1.19 bits per heavy atom. The zero-order valence-corrected chi connectivity index (χ0v) is 9.32. The van der Waals surface area contributed by atoms with Crippen LogP contribution in [0.3, 0.4) is 0 Å². The molecule has 3 heteroatoms. The van der Waals surface area contributed by atoms with Gasteiger partial charge in [-0.3, -0.25) is 4.99 Å². The molecule has 3 nitrogen and oxygen atoms in total. The van der Waals surface area contributed by atoms with Gasteiger partial charge >= 0.3 is 0 Å². The average Bonchev–Trinajstić information content (AvgIpc) is 2.91. The molecule has 1 aliphatic carbocycles. The quantitative estimate of drug-likeness (QED) is 0.685. The lowest BCUT2D eigenvalue weighted by atomic mass is 9.75. The second-order valence-corrected chi connectivity index (χ2v) is 5.35. The Bertz CT molecular complexity index is 434. The van der Waals surface area contributed by atoms with E-state index in [4.69, 9.17) is 0 Å². The van der Waals surface area contributed by atoms with Crippen molar-refractivity contribution in [1.82, 2.24) is 10.3 Å². The van der Waals surface area contributed by atoms with E-state index in [0.29, 0.717) is 12.0 Å². The number of nitrogens with one attached hydrogen (secondary N) is 2. The molecular formula is C13H17N3. The maximum atomic E-state index is 4.53. The molecule has 0 bridgehead atoms. The van der Waals surface area contributed by atoms with E-state index in [9.17, 15) is 0 Å². The third-order valence-corrected chi connectivity index (χ3v) is 4.56. The van der Waals surface area contributed by atoms with Crippen LogP contribution < -0.4 is 5.32 Å². The van der Waals surface area contributed by atoms with E-state index in [2.05, 4.69) is 27.7 Å². The van der Waals surface area contributed by atoms with Gasteiger partial charge in [0, 0.05) is 36.1 Å². The lowest BCUT2D eigenvalue weighted by Crippen LogP contribution is -2.34. The Hall–Kier alpha value is -1.09. The van der Waals surface area contributed by atoms with Crippen LogP contribution in [0.1, 0.15) is 37.2 Å². The monoisotopic (exact) mass is 215 g/mol. The minimum Gasteiger partial charge on any atom is -0.365 e. The molecular weight excluding hydrogens is 198 g/mol. The molecule has 1 saturated carbocycles. The third kappa shape index (κ3) is 1.09. The van der Waals surface area contributed by atoms with Crippen LogP contribution in [0.2, 0.25) is 0 Å². The first-order chi connectivity index (χ1) is 7.93. The molecule has 0 spiro atoms. The number of rotatable bonds is 0. The standard InChI is InChI=1S/C13H17N3/c1-2-4-10-8(3-1)13-9-5-14-6-11(9)15-7-12(13)16-10/h5-8,10,12-14,16H,1-4H2. The molecule has 2 N–H and O–H groups in total. The smallest absolute Gasteiger partial charge is 0.0836 e. The minimum absolute atomic E-state index is 0.483.